The fourth-order valence-electron chi connectivity index (χ4n) is 2.29. The molecule has 0 fully saturated rings. The maximum atomic E-state index is 13.6. The van der Waals surface area contributed by atoms with Crippen molar-refractivity contribution in [1.29, 1.82) is 0 Å². The highest BCUT2D eigenvalue weighted by atomic mass is 35.5. The Morgan fingerprint density at radius 1 is 1.08 bits per heavy atom. The van der Waals surface area contributed by atoms with Crippen molar-refractivity contribution < 1.29 is 9.18 Å². The van der Waals surface area contributed by atoms with Gasteiger partial charge in [0.2, 0.25) is 5.95 Å². The minimum atomic E-state index is -0.504. The van der Waals surface area contributed by atoms with Gasteiger partial charge in [0.25, 0.3) is 5.91 Å². The molecule has 1 amide bonds. The summed E-state index contributed by atoms with van der Waals surface area (Å²) in [5.41, 5.74) is 1.38. The van der Waals surface area contributed by atoms with E-state index in [-0.39, 0.29) is 11.4 Å². The number of carbonyl (C=O) groups excluding carboxylic acids is 1. The topological polar surface area (TPSA) is 66.9 Å². The van der Waals surface area contributed by atoms with Crippen LogP contribution in [0.25, 0.3) is 0 Å². The Bertz CT molecular complexity index is 902. The normalized spacial score (nSPS) is 10.4. The lowest BCUT2D eigenvalue weighted by Crippen LogP contribution is -2.16. The van der Waals surface area contributed by atoms with E-state index in [1.54, 1.807) is 12.1 Å². The standard InChI is InChI=1S/C19H16ClFN4O/c20-14-7-5-13(6-8-14)9-11-22-19-23-12-10-17(25-19)18(26)24-16-4-2-1-3-15(16)21/h1-8,10,12H,9,11H2,(H,24,26)(H,22,23,25). The van der Waals surface area contributed by atoms with Crippen molar-refractivity contribution in [3.63, 3.8) is 0 Å². The van der Waals surface area contributed by atoms with Gasteiger partial charge in [-0.3, -0.25) is 4.79 Å². The minimum Gasteiger partial charge on any atom is -0.354 e. The van der Waals surface area contributed by atoms with E-state index in [4.69, 9.17) is 11.6 Å². The molecule has 0 spiro atoms. The Hall–Kier alpha value is -2.99. The van der Waals surface area contributed by atoms with E-state index in [0.29, 0.717) is 17.5 Å². The molecule has 0 saturated heterocycles. The summed E-state index contributed by atoms with van der Waals surface area (Å²) in [5, 5.41) is 6.26. The number of hydrogen-bond donors (Lipinski definition) is 2. The third-order valence-electron chi connectivity index (χ3n) is 3.62. The number of para-hydroxylation sites is 1. The number of hydrogen-bond acceptors (Lipinski definition) is 4. The Kier molecular flexibility index (Phi) is 5.76. The second-order valence-electron chi connectivity index (χ2n) is 5.50. The lowest BCUT2D eigenvalue weighted by atomic mass is 10.1. The molecule has 0 saturated carbocycles. The number of benzene rings is 2. The zero-order valence-corrected chi connectivity index (χ0v) is 14.5. The maximum Gasteiger partial charge on any atom is 0.274 e. The molecule has 1 heterocycles. The van der Waals surface area contributed by atoms with Crippen molar-refractivity contribution in [2.75, 3.05) is 17.2 Å². The van der Waals surface area contributed by atoms with Gasteiger partial charge < -0.3 is 10.6 Å². The first-order chi connectivity index (χ1) is 12.6. The Labute approximate surface area is 155 Å². The Balaban J connectivity index is 1.59. The van der Waals surface area contributed by atoms with E-state index >= 15 is 0 Å². The molecule has 0 bridgehead atoms. The molecule has 0 unspecified atom stereocenters. The van der Waals surface area contributed by atoms with Crippen LogP contribution in [0.1, 0.15) is 16.1 Å². The number of anilines is 2. The van der Waals surface area contributed by atoms with Crippen LogP contribution >= 0.6 is 11.6 Å². The number of halogens is 2. The minimum absolute atomic E-state index is 0.105. The Morgan fingerprint density at radius 3 is 2.62 bits per heavy atom. The SMILES string of the molecule is O=C(Nc1ccccc1F)c1ccnc(NCCc2ccc(Cl)cc2)n1. The highest BCUT2D eigenvalue weighted by Gasteiger charge is 2.11. The van der Waals surface area contributed by atoms with Crippen molar-refractivity contribution >= 4 is 29.1 Å². The van der Waals surface area contributed by atoms with Crippen LogP contribution in [0.2, 0.25) is 5.02 Å². The molecule has 0 aliphatic heterocycles. The van der Waals surface area contributed by atoms with Gasteiger partial charge in [0.05, 0.1) is 5.69 Å². The van der Waals surface area contributed by atoms with Crippen LogP contribution in [0.5, 0.6) is 0 Å². The second kappa shape index (κ2) is 8.40. The molecule has 1 aromatic heterocycles. The molecule has 0 aliphatic carbocycles. The van der Waals surface area contributed by atoms with E-state index in [2.05, 4.69) is 20.6 Å². The van der Waals surface area contributed by atoms with Crippen molar-refractivity contribution in [2.45, 2.75) is 6.42 Å². The quantitative estimate of drug-likeness (QED) is 0.683. The zero-order valence-electron chi connectivity index (χ0n) is 13.7. The van der Waals surface area contributed by atoms with E-state index in [9.17, 15) is 9.18 Å². The monoisotopic (exact) mass is 370 g/mol. The maximum absolute atomic E-state index is 13.6. The fraction of sp³-hybridized carbons (Fsp3) is 0.105. The number of rotatable bonds is 6. The van der Waals surface area contributed by atoms with Gasteiger partial charge in [-0.25, -0.2) is 14.4 Å². The summed E-state index contributed by atoms with van der Waals surface area (Å²) in [6, 6.07) is 15.0. The molecular weight excluding hydrogens is 355 g/mol. The first-order valence-electron chi connectivity index (χ1n) is 7.99. The molecule has 2 N–H and O–H groups in total. The van der Waals surface area contributed by atoms with Gasteiger partial charge >= 0.3 is 0 Å². The van der Waals surface area contributed by atoms with Gasteiger partial charge in [0.15, 0.2) is 0 Å². The molecule has 0 atom stereocenters. The van der Waals surface area contributed by atoms with Crippen molar-refractivity contribution in [3.8, 4) is 0 Å². The highest BCUT2D eigenvalue weighted by molar-refractivity contribution is 6.30. The summed E-state index contributed by atoms with van der Waals surface area (Å²) >= 11 is 5.86. The molecule has 3 aromatic rings. The molecule has 5 nitrogen and oxygen atoms in total. The van der Waals surface area contributed by atoms with E-state index in [0.717, 1.165) is 12.0 Å². The van der Waals surface area contributed by atoms with Gasteiger partial charge in [-0.2, -0.15) is 0 Å². The van der Waals surface area contributed by atoms with Gasteiger partial charge in [-0.05, 0) is 42.3 Å². The van der Waals surface area contributed by atoms with Crippen LogP contribution < -0.4 is 10.6 Å². The van der Waals surface area contributed by atoms with Crippen molar-refractivity contribution in [1.82, 2.24) is 9.97 Å². The molecule has 0 aliphatic rings. The number of carbonyl (C=O) groups is 1. The van der Waals surface area contributed by atoms with E-state index in [1.807, 2.05) is 24.3 Å². The van der Waals surface area contributed by atoms with E-state index < -0.39 is 11.7 Å². The smallest absolute Gasteiger partial charge is 0.274 e. The molecule has 2 aromatic carbocycles. The first-order valence-corrected chi connectivity index (χ1v) is 8.37. The molecular formula is C19H16ClFN4O. The summed E-state index contributed by atoms with van der Waals surface area (Å²) in [5.74, 6) is -0.672. The second-order valence-corrected chi connectivity index (χ2v) is 5.94. The third kappa shape index (κ3) is 4.77. The largest absolute Gasteiger partial charge is 0.354 e. The van der Waals surface area contributed by atoms with Crippen LogP contribution in [0.15, 0.2) is 60.8 Å². The van der Waals surface area contributed by atoms with Gasteiger partial charge in [-0.1, -0.05) is 35.9 Å². The number of aromatic nitrogens is 2. The summed E-state index contributed by atoms with van der Waals surface area (Å²) in [4.78, 5) is 20.5. The van der Waals surface area contributed by atoms with Crippen LogP contribution in [0.3, 0.4) is 0 Å². The third-order valence-corrected chi connectivity index (χ3v) is 3.87. The van der Waals surface area contributed by atoms with Crippen molar-refractivity contribution in [3.05, 3.63) is 82.9 Å². The van der Waals surface area contributed by atoms with Crippen LogP contribution in [-0.4, -0.2) is 22.4 Å². The zero-order chi connectivity index (χ0) is 18.4. The molecule has 3 rings (SSSR count). The first kappa shape index (κ1) is 17.8. The molecule has 0 radical (unpaired) electrons. The number of nitrogens with zero attached hydrogens (tertiary/aromatic N) is 2. The Morgan fingerprint density at radius 2 is 1.85 bits per heavy atom. The number of nitrogens with one attached hydrogen (secondary N) is 2. The van der Waals surface area contributed by atoms with Crippen LogP contribution in [0, 0.1) is 5.82 Å². The summed E-state index contributed by atoms with van der Waals surface area (Å²) in [6.07, 6.45) is 2.24. The molecule has 132 valence electrons. The van der Waals surface area contributed by atoms with Gasteiger partial charge in [-0.15, -0.1) is 0 Å². The summed E-state index contributed by atoms with van der Waals surface area (Å²) in [7, 11) is 0. The lowest BCUT2D eigenvalue weighted by Gasteiger charge is -2.08. The van der Waals surface area contributed by atoms with Crippen LogP contribution in [-0.2, 0) is 6.42 Å². The molecule has 26 heavy (non-hydrogen) atoms. The number of amides is 1. The summed E-state index contributed by atoms with van der Waals surface area (Å²) < 4.78 is 13.6. The van der Waals surface area contributed by atoms with Crippen molar-refractivity contribution in [2.24, 2.45) is 0 Å². The van der Waals surface area contributed by atoms with Crippen LogP contribution in [0.4, 0.5) is 16.0 Å². The average molecular weight is 371 g/mol. The summed E-state index contributed by atoms with van der Waals surface area (Å²) in [6.45, 7) is 0.597. The predicted molar refractivity (Wildman–Crippen MR) is 100 cm³/mol. The van der Waals surface area contributed by atoms with Gasteiger partial charge in [0, 0.05) is 17.8 Å². The molecule has 7 heteroatoms. The fourth-order valence-corrected chi connectivity index (χ4v) is 2.41. The predicted octanol–water partition coefficient (Wildman–Crippen LogP) is 4.18. The van der Waals surface area contributed by atoms with E-state index in [1.165, 1.54) is 24.4 Å². The highest BCUT2D eigenvalue weighted by Crippen LogP contribution is 2.14. The average Bonchev–Trinajstić information content (AvgIpc) is 2.65. The lowest BCUT2D eigenvalue weighted by molar-refractivity contribution is 0.102. The van der Waals surface area contributed by atoms with Gasteiger partial charge in [0.1, 0.15) is 11.5 Å².